The molecule has 0 unspecified atom stereocenters. The van der Waals surface area contributed by atoms with Crippen molar-refractivity contribution in [3.8, 4) is 0 Å². The van der Waals surface area contributed by atoms with Crippen LogP contribution in [0.25, 0.3) is 0 Å². The number of hydrogen-bond acceptors (Lipinski definition) is 6. The lowest BCUT2D eigenvalue weighted by Gasteiger charge is -2.13. The van der Waals surface area contributed by atoms with E-state index in [1.54, 1.807) is 19.4 Å². The number of carbonyl (C=O) groups excluding carboxylic acids is 2. The summed E-state index contributed by atoms with van der Waals surface area (Å²) < 4.78 is 9.84. The van der Waals surface area contributed by atoms with Gasteiger partial charge in [0.15, 0.2) is 5.92 Å². The van der Waals surface area contributed by atoms with Gasteiger partial charge < -0.3 is 9.47 Å². The van der Waals surface area contributed by atoms with Crippen LogP contribution in [-0.4, -0.2) is 30.1 Å². The lowest BCUT2D eigenvalue weighted by atomic mass is 10.0. The summed E-state index contributed by atoms with van der Waals surface area (Å²) in [6, 6.07) is 0. The molecule has 6 heteroatoms. The summed E-state index contributed by atoms with van der Waals surface area (Å²) >= 11 is 1.53. The van der Waals surface area contributed by atoms with E-state index in [2.05, 4.69) is 4.98 Å². The molecule has 0 spiro atoms. The Balaban J connectivity index is 2.66. The van der Waals surface area contributed by atoms with Crippen molar-refractivity contribution in [1.82, 2.24) is 4.98 Å². The van der Waals surface area contributed by atoms with E-state index in [1.165, 1.54) is 11.3 Å². The standard InChI is InChI=1S/C13H19NO4S/c1-4-17-12(15)10(13(16)18-5-2)6-7-11-9(3)14-8-19-11/h8,10H,4-7H2,1-3H3. The Kier molecular flexibility index (Phi) is 6.49. The topological polar surface area (TPSA) is 65.5 Å². The van der Waals surface area contributed by atoms with Crippen molar-refractivity contribution in [2.24, 2.45) is 5.92 Å². The second-order valence-electron chi connectivity index (χ2n) is 3.96. The van der Waals surface area contributed by atoms with E-state index in [-0.39, 0.29) is 13.2 Å². The summed E-state index contributed by atoms with van der Waals surface area (Å²) in [7, 11) is 0. The third-order valence-corrected chi connectivity index (χ3v) is 3.64. The highest BCUT2D eigenvalue weighted by atomic mass is 32.1. The first kappa shape index (κ1) is 15.6. The highest BCUT2D eigenvalue weighted by Crippen LogP contribution is 2.19. The lowest BCUT2D eigenvalue weighted by molar-refractivity contribution is -0.161. The normalized spacial score (nSPS) is 10.5. The number of ether oxygens (including phenoxy) is 2. The summed E-state index contributed by atoms with van der Waals surface area (Å²) in [5.74, 6) is -1.87. The van der Waals surface area contributed by atoms with Gasteiger partial charge in [-0.25, -0.2) is 4.98 Å². The summed E-state index contributed by atoms with van der Waals surface area (Å²) in [5, 5.41) is 0. The molecule has 0 aliphatic carbocycles. The molecular weight excluding hydrogens is 266 g/mol. The molecule has 0 amide bonds. The number of nitrogens with zero attached hydrogens (tertiary/aromatic N) is 1. The summed E-state index contributed by atoms with van der Waals surface area (Å²) in [5.41, 5.74) is 2.70. The monoisotopic (exact) mass is 285 g/mol. The molecule has 1 aromatic rings. The van der Waals surface area contributed by atoms with E-state index in [1.807, 2.05) is 6.92 Å². The molecule has 5 nitrogen and oxygen atoms in total. The van der Waals surface area contributed by atoms with Crippen LogP contribution < -0.4 is 0 Å². The Morgan fingerprint density at radius 3 is 2.26 bits per heavy atom. The van der Waals surface area contributed by atoms with Gasteiger partial charge in [0, 0.05) is 4.88 Å². The van der Waals surface area contributed by atoms with Gasteiger partial charge >= 0.3 is 11.9 Å². The van der Waals surface area contributed by atoms with Crippen LogP contribution >= 0.6 is 11.3 Å². The summed E-state index contributed by atoms with van der Waals surface area (Å²) in [6.07, 6.45) is 1.01. The molecule has 1 rings (SSSR count). The maximum atomic E-state index is 11.8. The quantitative estimate of drug-likeness (QED) is 0.567. The third kappa shape index (κ3) is 4.63. The van der Waals surface area contributed by atoms with E-state index in [0.717, 1.165) is 10.6 Å². The van der Waals surface area contributed by atoms with Crippen molar-refractivity contribution in [3.05, 3.63) is 16.1 Å². The van der Waals surface area contributed by atoms with Gasteiger partial charge in [0.25, 0.3) is 0 Å². The Bertz CT molecular complexity index is 412. The number of aryl methyl sites for hydroxylation is 2. The van der Waals surface area contributed by atoms with Crippen LogP contribution in [0.2, 0.25) is 0 Å². The molecule has 0 fully saturated rings. The highest BCUT2D eigenvalue weighted by Gasteiger charge is 2.29. The fourth-order valence-electron chi connectivity index (χ4n) is 1.66. The van der Waals surface area contributed by atoms with Gasteiger partial charge in [0.1, 0.15) is 0 Å². The van der Waals surface area contributed by atoms with Gasteiger partial charge in [0.2, 0.25) is 0 Å². The van der Waals surface area contributed by atoms with Crippen molar-refractivity contribution >= 4 is 23.3 Å². The van der Waals surface area contributed by atoms with Crippen molar-refractivity contribution in [2.45, 2.75) is 33.6 Å². The average Bonchev–Trinajstić information content (AvgIpc) is 2.76. The molecule has 0 saturated carbocycles. The minimum absolute atomic E-state index is 0.258. The molecule has 0 aliphatic heterocycles. The zero-order chi connectivity index (χ0) is 14.3. The zero-order valence-electron chi connectivity index (χ0n) is 11.5. The number of esters is 2. The number of hydrogen-bond donors (Lipinski definition) is 0. The van der Waals surface area contributed by atoms with Crippen LogP contribution in [0.3, 0.4) is 0 Å². The lowest BCUT2D eigenvalue weighted by Crippen LogP contribution is -2.28. The minimum atomic E-state index is -0.846. The van der Waals surface area contributed by atoms with Crippen LogP contribution in [0.5, 0.6) is 0 Å². The van der Waals surface area contributed by atoms with E-state index in [9.17, 15) is 9.59 Å². The van der Waals surface area contributed by atoms with Crippen LogP contribution in [0, 0.1) is 12.8 Å². The molecule has 1 aromatic heterocycles. The first-order valence-electron chi connectivity index (χ1n) is 6.32. The second-order valence-corrected chi connectivity index (χ2v) is 4.90. The van der Waals surface area contributed by atoms with Crippen molar-refractivity contribution in [2.75, 3.05) is 13.2 Å². The third-order valence-electron chi connectivity index (χ3n) is 2.65. The second kappa shape index (κ2) is 7.89. The zero-order valence-corrected chi connectivity index (χ0v) is 12.3. The van der Waals surface area contributed by atoms with E-state index in [0.29, 0.717) is 12.8 Å². The van der Waals surface area contributed by atoms with E-state index >= 15 is 0 Å². The molecule has 0 radical (unpaired) electrons. The molecule has 0 saturated heterocycles. The Labute approximate surface area is 116 Å². The number of thiazole rings is 1. The smallest absolute Gasteiger partial charge is 0.320 e. The first-order valence-corrected chi connectivity index (χ1v) is 7.20. The van der Waals surface area contributed by atoms with Crippen LogP contribution in [0.4, 0.5) is 0 Å². The molecule has 0 aromatic carbocycles. The fraction of sp³-hybridized carbons (Fsp3) is 0.615. The maximum absolute atomic E-state index is 11.8. The molecule has 0 atom stereocenters. The van der Waals surface area contributed by atoms with E-state index in [4.69, 9.17) is 9.47 Å². The average molecular weight is 285 g/mol. The van der Waals surface area contributed by atoms with Gasteiger partial charge in [-0.05, 0) is 33.6 Å². The maximum Gasteiger partial charge on any atom is 0.320 e. The minimum Gasteiger partial charge on any atom is -0.465 e. The van der Waals surface area contributed by atoms with Crippen LogP contribution in [0.1, 0.15) is 30.8 Å². The highest BCUT2D eigenvalue weighted by molar-refractivity contribution is 7.09. The van der Waals surface area contributed by atoms with Crippen LogP contribution in [-0.2, 0) is 25.5 Å². The molecule has 106 valence electrons. The molecule has 0 N–H and O–H groups in total. The Morgan fingerprint density at radius 2 is 1.84 bits per heavy atom. The van der Waals surface area contributed by atoms with Gasteiger partial charge in [-0.15, -0.1) is 11.3 Å². The van der Waals surface area contributed by atoms with Gasteiger partial charge in [0.05, 0.1) is 24.4 Å². The summed E-state index contributed by atoms with van der Waals surface area (Å²) in [4.78, 5) is 28.8. The molecular formula is C13H19NO4S. The molecule has 0 bridgehead atoms. The SMILES string of the molecule is CCOC(=O)C(CCc1scnc1C)C(=O)OCC. The largest absolute Gasteiger partial charge is 0.465 e. The number of carbonyl (C=O) groups is 2. The summed E-state index contributed by atoms with van der Waals surface area (Å²) in [6.45, 7) is 5.86. The van der Waals surface area contributed by atoms with Crippen molar-refractivity contribution in [1.29, 1.82) is 0 Å². The van der Waals surface area contributed by atoms with Crippen LogP contribution in [0.15, 0.2) is 5.51 Å². The van der Waals surface area contributed by atoms with E-state index < -0.39 is 17.9 Å². The van der Waals surface area contributed by atoms with Crippen molar-refractivity contribution < 1.29 is 19.1 Å². The molecule has 0 aliphatic rings. The van der Waals surface area contributed by atoms with Gasteiger partial charge in [-0.2, -0.15) is 0 Å². The van der Waals surface area contributed by atoms with Gasteiger partial charge in [-0.1, -0.05) is 0 Å². The molecule has 19 heavy (non-hydrogen) atoms. The predicted octanol–water partition coefficient (Wildman–Crippen LogP) is 2.13. The first-order chi connectivity index (χ1) is 9.10. The molecule has 1 heterocycles. The fourth-order valence-corrected chi connectivity index (χ4v) is 2.46. The van der Waals surface area contributed by atoms with Crippen molar-refractivity contribution in [3.63, 3.8) is 0 Å². The Hall–Kier alpha value is -1.43. The predicted molar refractivity (Wildman–Crippen MR) is 71.9 cm³/mol. The Morgan fingerprint density at radius 1 is 1.26 bits per heavy atom. The number of rotatable bonds is 7. The number of aromatic nitrogens is 1. The van der Waals surface area contributed by atoms with Gasteiger partial charge in [-0.3, -0.25) is 9.59 Å².